The van der Waals surface area contributed by atoms with E-state index in [1.54, 1.807) is 12.1 Å². The van der Waals surface area contributed by atoms with E-state index < -0.39 is 15.4 Å². The fraction of sp³-hybridized carbons (Fsp3) is 0.409. The third kappa shape index (κ3) is 3.99. The second-order valence-electron chi connectivity index (χ2n) is 7.40. The number of hydrogen-bond donors (Lipinski definition) is 1. The van der Waals surface area contributed by atoms with Crippen molar-refractivity contribution >= 4 is 16.1 Å². The van der Waals surface area contributed by atoms with Crippen LogP contribution in [0.4, 0.5) is 0 Å². The van der Waals surface area contributed by atoms with Crippen LogP contribution in [-0.4, -0.2) is 26.0 Å². The molecule has 1 heterocycles. The Morgan fingerprint density at radius 2 is 1.89 bits per heavy atom. The normalized spacial score (nSPS) is 24.0. The molecule has 2 aromatic carbocycles. The highest BCUT2D eigenvalue weighted by Crippen LogP contribution is 2.38. The molecule has 2 unspecified atom stereocenters. The molecule has 1 N–H and O–H groups in total. The van der Waals surface area contributed by atoms with Crippen LogP contribution in [0.25, 0.3) is 0 Å². The van der Waals surface area contributed by atoms with Gasteiger partial charge in [-0.2, -0.15) is 0 Å². The highest BCUT2D eigenvalue weighted by molar-refractivity contribution is 7.91. The molecule has 0 saturated heterocycles. The molecule has 2 aromatic rings. The minimum Gasteiger partial charge on any atom is -0.300 e. The monoisotopic (exact) mass is 385 g/mol. The van der Waals surface area contributed by atoms with Gasteiger partial charge in [-0.25, -0.2) is 8.42 Å². The molecule has 0 spiro atoms. The first-order valence-corrected chi connectivity index (χ1v) is 11.2. The van der Waals surface area contributed by atoms with E-state index in [0.29, 0.717) is 11.8 Å². The zero-order valence-electron chi connectivity index (χ0n) is 15.9. The van der Waals surface area contributed by atoms with Crippen molar-refractivity contribution in [2.24, 2.45) is 0 Å². The summed E-state index contributed by atoms with van der Waals surface area (Å²) in [6.45, 7) is 4.17. The summed E-state index contributed by atoms with van der Waals surface area (Å²) in [5.74, 6) is 0.0507. The van der Waals surface area contributed by atoms with Crippen molar-refractivity contribution in [3.8, 4) is 0 Å². The Balaban J connectivity index is 2.22. The predicted octanol–water partition coefficient (Wildman–Crippen LogP) is 4.30. The van der Waals surface area contributed by atoms with E-state index in [1.165, 1.54) is 6.07 Å². The Kier molecular flexibility index (Phi) is 5.82. The minimum atomic E-state index is -3.52. The first-order chi connectivity index (χ1) is 12.9. The Morgan fingerprint density at radius 1 is 1.15 bits per heavy atom. The molecule has 0 amide bonds. The highest BCUT2D eigenvalue weighted by atomic mass is 32.2. The number of carbonyl (C=O) groups is 1. The van der Waals surface area contributed by atoms with Gasteiger partial charge in [-0.3, -0.25) is 10.1 Å². The van der Waals surface area contributed by atoms with E-state index in [1.807, 2.05) is 37.3 Å². The zero-order valence-corrected chi connectivity index (χ0v) is 16.8. The third-order valence-electron chi connectivity index (χ3n) is 5.56. The number of unbranched alkanes of at least 4 members (excludes halogenated alkanes) is 1. The summed E-state index contributed by atoms with van der Waals surface area (Å²) in [6, 6.07) is 14.7. The highest BCUT2D eigenvalue weighted by Gasteiger charge is 2.41. The number of aldehydes is 1. The topological polar surface area (TPSA) is 63.2 Å². The molecule has 1 aliphatic rings. The molecule has 0 aliphatic carbocycles. The zero-order chi connectivity index (χ0) is 19.5. The van der Waals surface area contributed by atoms with Gasteiger partial charge in [-0.1, -0.05) is 69.2 Å². The molecule has 3 rings (SSSR count). The Bertz CT molecular complexity index is 908. The average molecular weight is 386 g/mol. The number of sulfone groups is 1. The van der Waals surface area contributed by atoms with Crippen molar-refractivity contribution < 1.29 is 13.2 Å². The number of carbonyl (C=O) groups excluding carboxylic acids is 1. The fourth-order valence-electron chi connectivity index (χ4n) is 3.95. The van der Waals surface area contributed by atoms with Gasteiger partial charge < -0.3 is 0 Å². The Morgan fingerprint density at radius 3 is 2.52 bits per heavy atom. The molecule has 0 saturated carbocycles. The molecule has 0 bridgehead atoms. The van der Waals surface area contributed by atoms with Crippen LogP contribution in [0.3, 0.4) is 0 Å². The molecule has 0 radical (unpaired) electrons. The van der Waals surface area contributed by atoms with Gasteiger partial charge in [0, 0.05) is 11.1 Å². The molecule has 2 atom stereocenters. The van der Waals surface area contributed by atoms with E-state index in [2.05, 4.69) is 12.2 Å². The number of fused-ring (bicyclic) bond motifs is 1. The van der Waals surface area contributed by atoms with Gasteiger partial charge in [0.1, 0.15) is 6.29 Å². The maximum absolute atomic E-state index is 13.3. The summed E-state index contributed by atoms with van der Waals surface area (Å²) < 4.78 is 26.6. The second kappa shape index (κ2) is 7.95. The predicted molar refractivity (Wildman–Crippen MR) is 108 cm³/mol. The van der Waals surface area contributed by atoms with Gasteiger partial charge in [0.2, 0.25) is 0 Å². The third-order valence-corrected chi connectivity index (χ3v) is 7.51. The van der Waals surface area contributed by atoms with E-state index in [4.69, 9.17) is 0 Å². The molecule has 27 heavy (non-hydrogen) atoms. The van der Waals surface area contributed by atoms with Gasteiger partial charge >= 0.3 is 0 Å². The van der Waals surface area contributed by atoms with Crippen molar-refractivity contribution in [1.29, 1.82) is 0 Å². The van der Waals surface area contributed by atoms with Crippen LogP contribution in [0.15, 0.2) is 53.4 Å². The lowest BCUT2D eigenvalue weighted by Crippen LogP contribution is -2.50. The fourth-order valence-corrected chi connectivity index (χ4v) is 6.12. The standard InChI is InChI=1S/C22H27NO3S/c1-3-5-13-22(4-2)16-27(25,26)20-14-17(15-24)11-12-19(20)21(23-22)18-9-7-6-8-10-18/h6-12,14-15,21,23H,3-5,13,16H2,1-2H3. The Hall–Kier alpha value is -1.98. The van der Waals surface area contributed by atoms with Crippen LogP contribution >= 0.6 is 0 Å². The maximum atomic E-state index is 13.3. The lowest BCUT2D eigenvalue weighted by atomic mass is 9.88. The number of benzene rings is 2. The summed E-state index contributed by atoms with van der Waals surface area (Å²) in [4.78, 5) is 11.5. The minimum absolute atomic E-state index is 0.0507. The summed E-state index contributed by atoms with van der Waals surface area (Å²) in [5, 5.41) is 3.71. The van der Waals surface area contributed by atoms with E-state index in [9.17, 15) is 13.2 Å². The average Bonchev–Trinajstić information content (AvgIpc) is 2.79. The quantitative estimate of drug-likeness (QED) is 0.753. The van der Waals surface area contributed by atoms with E-state index >= 15 is 0 Å². The molecule has 144 valence electrons. The summed E-state index contributed by atoms with van der Waals surface area (Å²) >= 11 is 0. The molecule has 5 heteroatoms. The summed E-state index contributed by atoms with van der Waals surface area (Å²) in [5.41, 5.74) is 1.65. The van der Waals surface area contributed by atoms with E-state index in [0.717, 1.165) is 36.8 Å². The van der Waals surface area contributed by atoms with Crippen LogP contribution < -0.4 is 5.32 Å². The van der Waals surface area contributed by atoms with Gasteiger partial charge in [0.25, 0.3) is 0 Å². The Labute approximate surface area is 161 Å². The largest absolute Gasteiger partial charge is 0.300 e. The lowest BCUT2D eigenvalue weighted by Gasteiger charge is -2.35. The van der Waals surface area contributed by atoms with Crippen molar-refractivity contribution in [2.45, 2.75) is 56.0 Å². The lowest BCUT2D eigenvalue weighted by molar-refractivity contribution is 0.112. The van der Waals surface area contributed by atoms with Crippen LogP contribution in [0.2, 0.25) is 0 Å². The van der Waals surface area contributed by atoms with Crippen molar-refractivity contribution in [2.75, 3.05) is 5.75 Å². The molecule has 4 nitrogen and oxygen atoms in total. The van der Waals surface area contributed by atoms with Gasteiger partial charge in [-0.15, -0.1) is 0 Å². The summed E-state index contributed by atoms with van der Waals surface area (Å²) in [6.07, 6.45) is 4.21. The van der Waals surface area contributed by atoms with Crippen LogP contribution in [0, 0.1) is 0 Å². The van der Waals surface area contributed by atoms with Crippen LogP contribution in [0.1, 0.15) is 67.1 Å². The SMILES string of the molecule is CCCCC1(CC)CS(=O)(=O)c2cc(C=O)ccc2C(c2ccccc2)N1. The maximum Gasteiger partial charge on any atom is 0.180 e. The first kappa shape index (κ1) is 19.8. The van der Waals surface area contributed by atoms with Gasteiger partial charge in [0.15, 0.2) is 9.84 Å². The molecular formula is C22H27NO3S. The summed E-state index contributed by atoms with van der Waals surface area (Å²) in [7, 11) is -3.52. The first-order valence-electron chi connectivity index (χ1n) is 9.59. The molecule has 0 fully saturated rings. The molecule has 1 aliphatic heterocycles. The van der Waals surface area contributed by atoms with Crippen molar-refractivity contribution in [3.63, 3.8) is 0 Å². The van der Waals surface area contributed by atoms with E-state index in [-0.39, 0.29) is 16.7 Å². The number of rotatable bonds is 6. The molecule has 0 aromatic heterocycles. The van der Waals surface area contributed by atoms with Gasteiger partial charge in [-0.05, 0) is 30.0 Å². The molecular weight excluding hydrogens is 358 g/mol. The number of nitrogens with one attached hydrogen (secondary N) is 1. The van der Waals surface area contributed by atoms with Gasteiger partial charge in [0.05, 0.1) is 16.7 Å². The second-order valence-corrected chi connectivity index (χ2v) is 9.36. The number of hydrogen-bond acceptors (Lipinski definition) is 4. The van der Waals surface area contributed by atoms with Crippen LogP contribution in [-0.2, 0) is 9.84 Å². The van der Waals surface area contributed by atoms with Crippen molar-refractivity contribution in [1.82, 2.24) is 5.32 Å². The van der Waals surface area contributed by atoms with Crippen LogP contribution in [0.5, 0.6) is 0 Å². The van der Waals surface area contributed by atoms with Crippen molar-refractivity contribution in [3.05, 3.63) is 65.2 Å². The smallest absolute Gasteiger partial charge is 0.180 e.